The van der Waals surface area contributed by atoms with Gasteiger partial charge in [-0.25, -0.2) is 14.4 Å². The molecule has 3 heterocycles. The highest BCUT2D eigenvalue weighted by molar-refractivity contribution is 5.88. The summed E-state index contributed by atoms with van der Waals surface area (Å²) in [6, 6.07) is 6.86. The molecule has 5 nitrogen and oxygen atoms in total. The smallest absolute Gasteiger partial charge is 0.163 e. The zero-order chi connectivity index (χ0) is 15.1. The molecule has 0 fully saturated rings. The molecule has 1 aromatic carbocycles. The van der Waals surface area contributed by atoms with Crippen molar-refractivity contribution in [2.75, 3.05) is 18.0 Å². The lowest BCUT2D eigenvalue weighted by atomic mass is 10.1. The molecule has 0 saturated heterocycles. The standard InChI is InChI=1S/C16H14FN5/c1-21-15-13(8-20-21)16(19-10-18-15)22-7-6-11(9-22)12-4-2-3-5-14(12)17/h2-6,8,10H,7,9H2,1H3. The Morgan fingerprint density at radius 3 is 2.91 bits per heavy atom. The van der Waals surface area contributed by atoms with Gasteiger partial charge in [0.05, 0.1) is 11.6 Å². The molecule has 0 atom stereocenters. The second-order valence-electron chi connectivity index (χ2n) is 5.29. The fraction of sp³-hybridized carbons (Fsp3) is 0.188. The third-order valence-corrected chi connectivity index (χ3v) is 3.95. The van der Waals surface area contributed by atoms with Crippen LogP contribution in [-0.4, -0.2) is 32.8 Å². The van der Waals surface area contributed by atoms with Crippen LogP contribution >= 0.6 is 0 Å². The molecule has 2 aromatic heterocycles. The maximum atomic E-state index is 13.9. The minimum atomic E-state index is -0.190. The first kappa shape index (κ1) is 12.9. The van der Waals surface area contributed by atoms with Crippen molar-refractivity contribution in [1.29, 1.82) is 0 Å². The highest BCUT2D eigenvalue weighted by Gasteiger charge is 2.21. The second-order valence-corrected chi connectivity index (χ2v) is 5.29. The van der Waals surface area contributed by atoms with E-state index in [1.54, 1.807) is 23.3 Å². The van der Waals surface area contributed by atoms with E-state index in [2.05, 4.69) is 20.0 Å². The first-order chi connectivity index (χ1) is 10.7. The largest absolute Gasteiger partial charge is 0.348 e. The van der Waals surface area contributed by atoms with E-state index in [0.29, 0.717) is 18.7 Å². The fourth-order valence-corrected chi connectivity index (χ4v) is 2.83. The normalized spacial score (nSPS) is 14.6. The summed E-state index contributed by atoms with van der Waals surface area (Å²) in [6.45, 7) is 1.33. The van der Waals surface area contributed by atoms with E-state index < -0.39 is 0 Å². The minimum Gasteiger partial charge on any atom is -0.348 e. The van der Waals surface area contributed by atoms with Gasteiger partial charge >= 0.3 is 0 Å². The first-order valence-corrected chi connectivity index (χ1v) is 7.05. The van der Waals surface area contributed by atoms with Crippen molar-refractivity contribution in [1.82, 2.24) is 19.7 Å². The predicted molar refractivity (Wildman–Crippen MR) is 82.9 cm³/mol. The molecule has 0 N–H and O–H groups in total. The summed E-state index contributed by atoms with van der Waals surface area (Å²) in [7, 11) is 1.85. The van der Waals surface area contributed by atoms with Crippen LogP contribution in [0.1, 0.15) is 5.56 Å². The van der Waals surface area contributed by atoms with Crippen LogP contribution in [0, 0.1) is 5.82 Å². The Hall–Kier alpha value is -2.76. The number of fused-ring (bicyclic) bond motifs is 1. The van der Waals surface area contributed by atoms with E-state index in [0.717, 1.165) is 22.4 Å². The van der Waals surface area contributed by atoms with Gasteiger partial charge in [0, 0.05) is 25.7 Å². The summed E-state index contributed by atoms with van der Waals surface area (Å²) in [5.74, 6) is 0.644. The van der Waals surface area contributed by atoms with Crippen LogP contribution in [0.4, 0.5) is 10.2 Å². The molecule has 0 aliphatic carbocycles. The number of halogens is 1. The molecule has 0 unspecified atom stereocenters. The molecule has 3 aromatic rings. The molecule has 22 heavy (non-hydrogen) atoms. The maximum Gasteiger partial charge on any atom is 0.163 e. The molecule has 6 heteroatoms. The topological polar surface area (TPSA) is 46.8 Å². The number of rotatable bonds is 2. The van der Waals surface area contributed by atoms with E-state index in [4.69, 9.17) is 0 Å². The number of aromatic nitrogens is 4. The van der Waals surface area contributed by atoms with E-state index >= 15 is 0 Å². The van der Waals surface area contributed by atoms with Crippen LogP contribution in [0.3, 0.4) is 0 Å². The number of hydrogen-bond donors (Lipinski definition) is 0. The van der Waals surface area contributed by atoms with Gasteiger partial charge in [-0.05, 0) is 11.6 Å². The van der Waals surface area contributed by atoms with Gasteiger partial charge in [-0.15, -0.1) is 0 Å². The Morgan fingerprint density at radius 2 is 2.05 bits per heavy atom. The summed E-state index contributed by atoms with van der Waals surface area (Å²) in [4.78, 5) is 10.7. The van der Waals surface area contributed by atoms with E-state index in [1.165, 1.54) is 6.07 Å². The lowest BCUT2D eigenvalue weighted by Gasteiger charge is -2.18. The number of anilines is 1. The number of hydrogen-bond acceptors (Lipinski definition) is 4. The van der Waals surface area contributed by atoms with Gasteiger partial charge in [-0.1, -0.05) is 24.3 Å². The van der Waals surface area contributed by atoms with Gasteiger partial charge in [-0.3, -0.25) is 4.68 Å². The van der Waals surface area contributed by atoms with Crippen molar-refractivity contribution in [3.63, 3.8) is 0 Å². The molecule has 0 bridgehead atoms. The van der Waals surface area contributed by atoms with Crippen LogP contribution in [0.5, 0.6) is 0 Å². The van der Waals surface area contributed by atoms with Gasteiger partial charge in [0.2, 0.25) is 0 Å². The highest BCUT2D eigenvalue weighted by atomic mass is 19.1. The Kier molecular flexibility index (Phi) is 2.89. The second kappa shape index (κ2) is 4.91. The van der Waals surface area contributed by atoms with E-state index in [-0.39, 0.29) is 5.82 Å². The molecular weight excluding hydrogens is 281 g/mol. The Morgan fingerprint density at radius 1 is 1.18 bits per heavy atom. The van der Waals surface area contributed by atoms with Crippen LogP contribution in [-0.2, 0) is 7.05 Å². The summed E-state index contributed by atoms with van der Waals surface area (Å²) in [5, 5.41) is 5.14. The van der Waals surface area contributed by atoms with Crippen molar-refractivity contribution in [2.24, 2.45) is 7.05 Å². The van der Waals surface area contributed by atoms with Crippen molar-refractivity contribution in [3.05, 3.63) is 54.2 Å². The third-order valence-electron chi connectivity index (χ3n) is 3.95. The third kappa shape index (κ3) is 1.95. The lowest BCUT2D eigenvalue weighted by molar-refractivity contribution is 0.623. The average molecular weight is 295 g/mol. The van der Waals surface area contributed by atoms with Gasteiger partial charge in [0.25, 0.3) is 0 Å². The SMILES string of the molecule is Cn1ncc2c(N3CC=C(c4ccccc4F)C3)ncnc21. The van der Waals surface area contributed by atoms with Crippen molar-refractivity contribution < 1.29 is 4.39 Å². The number of benzene rings is 1. The van der Waals surface area contributed by atoms with Gasteiger partial charge < -0.3 is 4.90 Å². The van der Waals surface area contributed by atoms with Crippen molar-refractivity contribution >= 4 is 22.4 Å². The Balaban J connectivity index is 1.68. The van der Waals surface area contributed by atoms with Gasteiger partial charge in [0.15, 0.2) is 5.65 Å². The summed E-state index contributed by atoms with van der Waals surface area (Å²) < 4.78 is 15.7. The predicted octanol–water partition coefficient (Wildman–Crippen LogP) is 2.41. The monoisotopic (exact) mass is 295 g/mol. The minimum absolute atomic E-state index is 0.190. The summed E-state index contributed by atoms with van der Waals surface area (Å²) in [6.07, 6.45) is 5.36. The average Bonchev–Trinajstić information content (AvgIpc) is 3.15. The molecule has 4 rings (SSSR count). The molecule has 110 valence electrons. The zero-order valence-electron chi connectivity index (χ0n) is 12.1. The van der Waals surface area contributed by atoms with E-state index in [9.17, 15) is 4.39 Å². The number of nitrogens with zero attached hydrogens (tertiary/aromatic N) is 5. The molecule has 0 radical (unpaired) electrons. The molecule has 1 aliphatic heterocycles. The van der Waals surface area contributed by atoms with Crippen LogP contribution in [0.2, 0.25) is 0 Å². The summed E-state index contributed by atoms with van der Waals surface area (Å²) >= 11 is 0. The summed E-state index contributed by atoms with van der Waals surface area (Å²) in [5.41, 5.74) is 2.43. The van der Waals surface area contributed by atoms with E-state index in [1.807, 2.05) is 25.3 Å². The zero-order valence-corrected chi connectivity index (χ0v) is 12.1. The van der Waals surface area contributed by atoms with Crippen molar-refractivity contribution in [2.45, 2.75) is 0 Å². The molecule has 0 saturated carbocycles. The van der Waals surface area contributed by atoms with Crippen LogP contribution in [0.15, 0.2) is 42.9 Å². The Labute approximate surface area is 126 Å². The van der Waals surface area contributed by atoms with Crippen LogP contribution < -0.4 is 4.90 Å². The van der Waals surface area contributed by atoms with Crippen LogP contribution in [0.25, 0.3) is 16.6 Å². The molecular formula is C16H14FN5. The molecule has 0 amide bonds. The first-order valence-electron chi connectivity index (χ1n) is 7.05. The number of aryl methyl sites for hydroxylation is 1. The van der Waals surface area contributed by atoms with Gasteiger partial charge in [-0.2, -0.15) is 5.10 Å². The lowest BCUT2D eigenvalue weighted by Crippen LogP contribution is -2.21. The highest BCUT2D eigenvalue weighted by Crippen LogP contribution is 2.29. The Bertz CT molecular complexity index is 883. The maximum absolute atomic E-state index is 13.9. The fourth-order valence-electron chi connectivity index (χ4n) is 2.83. The van der Waals surface area contributed by atoms with Gasteiger partial charge in [0.1, 0.15) is 18.0 Å². The van der Waals surface area contributed by atoms with Crippen molar-refractivity contribution in [3.8, 4) is 0 Å². The molecule has 0 spiro atoms. The molecule has 1 aliphatic rings. The quantitative estimate of drug-likeness (QED) is 0.728.